The summed E-state index contributed by atoms with van der Waals surface area (Å²) in [5.74, 6) is -0.979. The lowest BCUT2D eigenvalue weighted by Crippen LogP contribution is -2.37. The van der Waals surface area contributed by atoms with Crippen molar-refractivity contribution in [2.75, 3.05) is 26.8 Å². The van der Waals surface area contributed by atoms with E-state index in [0.29, 0.717) is 13.0 Å². The van der Waals surface area contributed by atoms with Gasteiger partial charge in [0.2, 0.25) is 5.91 Å². The fourth-order valence-corrected chi connectivity index (χ4v) is 1.83. The molecule has 0 radical (unpaired) electrons. The first kappa shape index (κ1) is 19.4. The third-order valence-corrected chi connectivity index (χ3v) is 3.04. The van der Waals surface area contributed by atoms with Crippen LogP contribution in [0, 0.1) is 0 Å². The molecule has 0 aromatic heterocycles. The van der Waals surface area contributed by atoms with Crippen LogP contribution in [0.2, 0.25) is 0 Å². The molecule has 0 heterocycles. The number of hydrogen-bond donors (Lipinski definition) is 0. The smallest absolute Gasteiger partial charge is 0.325 e. The van der Waals surface area contributed by atoms with Crippen molar-refractivity contribution < 1.29 is 23.9 Å². The number of carbonyl (C=O) groups is 3. The first-order chi connectivity index (χ1) is 10.0. The van der Waals surface area contributed by atoms with E-state index >= 15 is 0 Å². The van der Waals surface area contributed by atoms with Gasteiger partial charge in [-0.2, -0.15) is 0 Å². The maximum absolute atomic E-state index is 12.1. The summed E-state index contributed by atoms with van der Waals surface area (Å²) < 4.78 is 9.40. The third kappa shape index (κ3) is 9.87. The molecule has 0 aliphatic heterocycles. The van der Waals surface area contributed by atoms with E-state index < -0.39 is 5.97 Å². The lowest BCUT2D eigenvalue weighted by atomic mass is 10.1. The topological polar surface area (TPSA) is 72.9 Å². The van der Waals surface area contributed by atoms with Gasteiger partial charge in [0.05, 0.1) is 20.1 Å². The maximum atomic E-state index is 12.1. The van der Waals surface area contributed by atoms with Gasteiger partial charge in [-0.05, 0) is 13.3 Å². The summed E-state index contributed by atoms with van der Waals surface area (Å²) in [7, 11) is 1.28. The Morgan fingerprint density at radius 2 is 1.67 bits per heavy atom. The Morgan fingerprint density at radius 3 is 2.24 bits per heavy atom. The van der Waals surface area contributed by atoms with Gasteiger partial charge in [-0.3, -0.25) is 14.4 Å². The van der Waals surface area contributed by atoms with E-state index in [1.165, 1.54) is 12.0 Å². The second-order valence-corrected chi connectivity index (χ2v) is 4.76. The monoisotopic (exact) mass is 301 g/mol. The van der Waals surface area contributed by atoms with Crippen LogP contribution in [0.5, 0.6) is 0 Å². The van der Waals surface area contributed by atoms with Crippen LogP contribution < -0.4 is 0 Å². The second-order valence-electron chi connectivity index (χ2n) is 4.76. The summed E-state index contributed by atoms with van der Waals surface area (Å²) >= 11 is 0. The van der Waals surface area contributed by atoms with Gasteiger partial charge < -0.3 is 14.4 Å². The maximum Gasteiger partial charge on any atom is 0.325 e. The van der Waals surface area contributed by atoms with Crippen molar-refractivity contribution in [2.45, 2.75) is 52.4 Å². The van der Waals surface area contributed by atoms with Crippen molar-refractivity contribution in [1.29, 1.82) is 0 Å². The summed E-state index contributed by atoms with van der Waals surface area (Å²) in [5.41, 5.74) is 0. The minimum absolute atomic E-state index is 0.0888. The molecule has 21 heavy (non-hydrogen) atoms. The molecule has 0 atom stereocenters. The van der Waals surface area contributed by atoms with E-state index in [9.17, 15) is 14.4 Å². The minimum Gasteiger partial charge on any atom is -0.468 e. The van der Waals surface area contributed by atoms with E-state index in [-0.39, 0.29) is 31.4 Å². The van der Waals surface area contributed by atoms with Gasteiger partial charge in [0.1, 0.15) is 6.54 Å². The molecular formula is C15H27NO5. The molecule has 0 N–H and O–H groups in total. The van der Waals surface area contributed by atoms with Crippen LogP contribution in [0.25, 0.3) is 0 Å². The first-order valence-electron chi connectivity index (χ1n) is 7.55. The fraction of sp³-hybridized carbons (Fsp3) is 0.800. The van der Waals surface area contributed by atoms with Crippen molar-refractivity contribution in [3.8, 4) is 0 Å². The standard InChI is InChI=1S/C15H27NO5/c1-4-6-7-8-9-13(17)16(12-15(19)20-3)11-10-14(18)21-5-2/h4-12H2,1-3H3. The number of nitrogens with zero attached hydrogens (tertiary/aromatic N) is 1. The second kappa shape index (κ2) is 12.2. The van der Waals surface area contributed by atoms with E-state index in [4.69, 9.17) is 4.74 Å². The van der Waals surface area contributed by atoms with Gasteiger partial charge in [-0.1, -0.05) is 26.2 Å². The van der Waals surface area contributed by atoms with E-state index in [0.717, 1.165) is 25.7 Å². The Labute approximate surface area is 126 Å². The van der Waals surface area contributed by atoms with Crippen LogP contribution in [0.15, 0.2) is 0 Å². The first-order valence-corrected chi connectivity index (χ1v) is 7.55. The summed E-state index contributed by atoms with van der Waals surface area (Å²) in [6.07, 6.45) is 4.46. The third-order valence-electron chi connectivity index (χ3n) is 3.04. The van der Waals surface area contributed by atoms with Gasteiger partial charge in [0.25, 0.3) is 0 Å². The van der Waals surface area contributed by atoms with Crippen molar-refractivity contribution in [2.24, 2.45) is 0 Å². The molecule has 0 bridgehead atoms. The van der Waals surface area contributed by atoms with Crippen molar-refractivity contribution in [3.63, 3.8) is 0 Å². The molecule has 0 unspecified atom stereocenters. The number of unbranched alkanes of at least 4 members (excludes halogenated alkanes) is 3. The van der Waals surface area contributed by atoms with E-state index in [2.05, 4.69) is 11.7 Å². The van der Waals surface area contributed by atoms with Crippen LogP contribution in [0.4, 0.5) is 0 Å². The molecule has 122 valence electrons. The molecule has 6 nitrogen and oxygen atoms in total. The number of amides is 1. The quantitative estimate of drug-likeness (QED) is 0.430. The lowest BCUT2D eigenvalue weighted by molar-refractivity contribution is -0.149. The zero-order valence-electron chi connectivity index (χ0n) is 13.4. The number of carbonyl (C=O) groups excluding carboxylic acids is 3. The fourth-order valence-electron chi connectivity index (χ4n) is 1.83. The number of hydrogen-bond acceptors (Lipinski definition) is 5. The normalized spacial score (nSPS) is 10.0. The zero-order chi connectivity index (χ0) is 16.1. The summed E-state index contributed by atoms with van der Waals surface area (Å²) in [6.45, 7) is 4.19. The average molecular weight is 301 g/mol. The predicted octanol–water partition coefficient (Wildman–Crippen LogP) is 1.91. The van der Waals surface area contributed by atoms with Gasteiger partial charge >= 0.3 is 11.9 Å². The highest BCUT2D eigenvalue weighted by Crippen LogP contribution is 2.06. The highest BCUT2D eigenvalue weighted by atomic mass is 16.5. The summed E-state index contributed by atoms with van der Waals surface area (Å²) in [6, 6.07) is 0. The Balaban J connectivity index is 4.32. The summed E-state index contributed by atoms with van der Waals surface area (Å²) in [4.78, 5) is 36.2. The van der Waals surface area contributed by atoms with Crippen LogP contribution in [-0.4, -0.2) is 49.6 Å². The molecule has 0 fully saturated rings. The summed E-state index contributed by atoms with van der Waals surface area (Å²) in [5, 5.41) is 0. The van der Waals surface area contributed by atoms with Crippen LogP contribution >= 0.6 is 0 Å². The van der Waals surface area contributed by atoms with Crippen molar-refractivity contribution in [3.05, 3.63) is 0 Å². The molecular weight excluding hydrogens is 274 g/mol. The van der Waals surface area contributed by atoms with Gasteiger partial charge in [0.15, 0.2) is 0 Å². The zero-order valence-corrected chi connectivity index (χ0v) is 13.4. The van der Waals surface area contributed by atoms with Gasteiger partial charge in [0, 0.05) is 13.0 Å². The van der Waals surface area contributed by atoms with E-state index in [1.807, 2.05) is 0 Å². The Bertz CT molecular complexity index is 330. The highest BCUT2D eigenvalue weighted by molar-refractivity contribution is 5.82. The van der Waals surface area contributed by atoms with Gasteiger partial charge in [-0.15, -0.1) is 0 Å². The molecule has 0 spiro atoms. The molecule has 0 aromatic rings. The molecule has 0 saturated carbocycles. The number of rotatable bonds is 11. The number of methoxy groups -OCH3 is 1. The Hall–Kier alpha value is -1.59. The Morgan fingerprint density at radius 1 is 0.952 bits per heavy atom. The van der Waals surface area contributed by atoms with Crippen molar-refractivity contribution >= 4 is 17.8 Å². The Kier molecular flexibility index (Phi) is 11.3. The molecule has 0 rings (SSSR count). The largest absolute Gasteiger partial charge is 0.468 e. The lowest BCUT2D eigenvalue weighted by Gasteiger charge is -2.21. The number of esters is 2. The molecule has 0 aromatic carbocycles. The molecule has 0 aliphatic rings. The molecule has 0 aliphatic carbocycles. The van der Waals surface area contributed by atoms with Crippen LogP contribution in [-0.2, 0) is 23.9 Å². The average Bonchev–Trinajstić information content (AvgIpc) is 2.47. The molecule has 1 amide bonds. The molecule has 0 saturated heterocycles. The van der Waals surface area contributed by atoms with E-state index in [1.54, 1.807) is 6.92 Å². The minimum atomic E-state index is -0.485. The predicted molar refractivity (Wildman–Crippen MR) is 78.6 cm³/mol. The number of ether oxygens (including phenoxy) is 2. The highest BCUT2D eigenvalue weighted by Gasteiger charge is 2.18. The SMILES string of the molecule is CCCCCCC(=O)N(CCC(=O)OCC)CC(=O)OC. The van der Waals surface area contributed by atoms with Crippen LogP contribution in [0.3, 0.4) is 0 Å². The molecule has 6 heteroatoms. The van der Waals surface area contributed by atoms with Crippen molar-refractivity contribution in [1.82, 2.24) is 4.90 Å². The van der Waals surface area contributed by atoms with Gasteiger partial charge in [-0.25, -0.2) is 0 Å². The van der Waals surface area contributed by atoms with Crippen LogP contribution in [0.1, 0.15) is 52.4 Å².